The van der Waals surface area contributed by atoms with Crippen molar-refractivity contribution in [2.45, 2.75) is 12.0 Å². The number of thiocarbonyl (C=S) groups is 1. The Balaban J connectivity index is 1.99. The lowest BCUT2D eigenvalue weighted by Crippen LogP contribution is -2.48. The minimum atomic E-state index is -0.392. The number of carbonyl (C=O) groups excluding carboxylic acids is 1. The molecule has 2 aliphatic heterocycles. The number of carbonyl (C=O) groups is 1. The fourth-order valence-electron chi connectivity index (χ4n) is 2.31. The fourth-order valence-corrected chi connectivity index (χ4v) is 3.92. The highest BCUT2D eigenvalue weighted by Gasteiger charge is 2.51. The highest BCUT2D eigenvalue weighted by atomic mass is 32.2. The number of rotatable bonds is 1. The molecule has 1 atom stereocenters. The second-order valence-corrected chi connectivity index (χ2v) is 6.04. The first-order chi connectivity index (χ1) is 8.61. The number of ether oxygens (including phenoxy) is 1. The van der Waals surface area contributed by atoms with Crippen LogP contribution < -0.4 is 4.90 Å². The summed E-state index contributed by atoms with van der Waals surface area (Å²) in [5, 5.41) is 0. The summed E-state index contributed by atoms with van der Waals surface area (Å²) in [6, 6.07) is 6.15. The Morgan fingerprint density at radius 1 is 1.39 bits per heavy atom. The van der Waals surface area contributed by atoms with Crippen molar-refractivity contribution < 1.29 is 13.9 Å². The van der Waals surface area contributed by atoms with Gasteiger partial charge in [0.05, 0.1) is 6.42 Å². The van der Waals surface area contributed by atoms with Crippen LogP contribution in [0.5, 0.6) is 0 Å². The molecule has 0 amide bonds. The molecule has 0 aromatic heterocycles. The van der Waals surface area contributed by atoms with Crippen molar-refractivity contribution in [3.05, 3.63) is 30.1 Å². The summed E-state index contributed by atoms with van der Waals surface area (Å²) in [7, 11) is 0. The van der Waals surface area contributed by atoms with Gasteiger partial charge >= 0.3 is 5.97 Å². The van der Waals surface area contributed by atoms with Gasteiger partial charge in [0, 0.05) is 11.4 Å². The maximum absolute atomic E-state index is 13.0. The van der Waals surface area contributed by atoms with Gasteiger partial charge in [-0.3, -0.25) is 4.79 Å². The van der Waals surface area contributed by atoms with Crippen LogP contribution in [0.3, 0.4) is 0 Å². The summed E-state index contributed by atoms with van der Waals surface area (Å²) in [6.07, 6.45) is 0.331. The molecular weight excluding hydrogens is 273 g/mol. The highest BCUT2D eigenvalue weighted by Crippen LogP contribution is 2.42. The van der Waals surface area contributed by atoms with E-state index < -0.39 is 5.54 Å². The average molecular weight is 283 g/mol. The topological polar surface area (TPSA) is 29.5 Å². The van der Waals surface area contributed by atoms with E-state index >= 15 is 0 Å². The number of hydrogen-bond acceptors (Lipinski definition) is 4. The zero-order valence-corrected chi connectivity index (χ0v) is 11.0. The number of nitrogens with zero attached hydrogens (tertiary/aromatic N) is 1. The quantitative estimate of drug-likeness (QED) is 0.583. The van der Waals surface area contributed by atoms with Crippen LogP contribution in [-0.2, 0) is 9.53 Å². The predicted molar refractivity (Wildman–Crippen MR) is 72.2 cm³/mol. The van der Waals surface area contributed by atoms with Crippen LogP contribution >= 0.6 is 24.0 Å². The number of thioether (sulfide) groups is 1. The van der Waals surface area contributed by atoms with Gasteiger partial charge in [-0.2, -0.15) is 0 Å². The number of anilines is 1. The van der Waals surface area contributed by atoms with Gasteiger partial charge in [0.25, 0.3) is 0 Å². The second kappa shape index (κ2) is 4.20. The Labute approximate surface area is 113 Å². The van der Waals surface area contributed by atoms with Crippen molar-refractivity contribution >= 4 is 40.0 Å². The van der Waals surface area contributed by atoms with Crippen molar-refractivity contribution in [2.75, 3.05) is 17.3 Å². The molecule has 2 saturated heterocycles. The molecule has 1 spiro atoms. The van der Waals surface area contributed by atoms with Gasteiger partial charge in [-0.25, -0.2) is 4.39 Å². The lowest BCUT2D eigenvalue weighted by atomic mass is 9.98. The number of cyclic esters (lactones) is 1. The SMILES string of the molecule is O=C1C[C@]2(CO1)CSC(=S)N2c1ccc(F)cc1. The van der Waals surface area contributed by atoms with Gasteiger partial charge in [-0.05, 0) is 24.3 Å². The number of benzene rings is 1. The summed E-state index contributed by atoms with van der Waals surface area (Å²) in [5.74, 6) is 0.242. The molecule has 0 radical (unpaired) electrons. The van der Waals surface area contributed by atoms with Gasteiger partial charge in [0.2, 0.25) is 0 Å². The molecule has 1 aromatic rings. The Hall–Kier alpha value is -1.14. The third-order valence-electron chi connectivity index (χ3n) is 3.18. The monoisotopic (exact) mass is 283 g/mol. The van der Waals surface area contributed by atoms with E-state index in [9.17, 15) is 9.18 Å². The van der Waals surface area contributed by atoms with E-state index in [0.717, 1.165) is 11.4 Å². The fraction of sp³-hybridized carbons (Fsp3) is 0.333. The van der Waals surface area contributed by atoms with Crippen molar-refractivity contribution in [3.8, 4) is 0 Å². The Morgan fingerprint density at radius 3 is 2.72 bits per heavy atom. The molecule has 1 aromatic carbocycles. The van der Waals surface area contributed by atoms with Gasteiger partial charge < -0.3 is 9.64 Å². The molecule has 0 unspecified atom stereocenters. The summed E-state index contributed by atoms with van der Waals surface area (Å²) >= 11 is 6.87. The molecule has 2 aliphatic rings. The molecular formula is C12H10FNO2S2. The Morgan fingerprint density at radius 2 is 2.11 bits per heavy atom. The van der Waals surface area contributed by atoms with Crippen molar-refractivity contribution in [1.82, 2.24) is 0 Å². The number of hydrogen-bond donors (Lipinski definition) is 0. The van der Waals surface area contributed by atoms with E-state index in [1.165, 1.54) is 23.9 Å². The normalized spacial score (nSPS) is 27.1. The molecule has 3 nitrogen and oxygen atoms in total. The van der Waals surface area contributed by atoms with Gasteiger partial charge in [-0.1, -0.05) is 24.0 Å². The van der Waals surface area contributed by atoms with E-state index in [1.807, 2.05) is 4.90 Å². The summed E-state index contributed by atoms with van der Waals surface area (Å²) < 4.78 is 18.8. The average Bonchev–Trinajstić information content (AvgIpc) is 2.86. The summed E-state index contributed by atoms with van der Waals surface area (Å²) in [5.41, 5.74) is 0.418. The van der Waals surface area contributed by atoms with Gasteiger partial charge in [0.15, 0.2) is 0 Å². The van der Waals surface area contributed by atoms with E-state index in [4.69, 9.17) is 17.0 Å². The third kappa shape index (κ3) is 1.80. The van der Waals surface area contributed by atoms with E-state index in [1.54, 1.807) is 12.1 Å². The molecule has 0 saturated carbocycles. The van der Waals surface area contributed by atoms with Crippen LogP contribution in [0.25, 0.3) is 0 Å². The first-order valence-electron chi connectivity index (χ1n) is 5.49. The van der Waals surface area contributed by atoms with Gasteiger partial charge in [-0.15, -0.1) is 0 Å². The van der Waals surface area contributed by atoms with Crippen LogP contribution in [0, 0.1) is 5.82 Å². The molecule has 2 fully saturated rings. The molecule has 3 rings (SSSR count). The van der Waals surface area contributed by atoms with E-state index in [2.05, 4.69) is 0 Å². The third-order valence-corrected chi connectivity index (χ3v) is 4.83. The van der Waals surface area contributed by atoms with Crippen molar-refractivity contribution in [3.63, 3.8) is 0 Å². The number of esters is 1. The van der Waals surface area contributed by atoms with Crippen molar-refractivity contribution in [1.29, 1.82) is 0 Å². The minimum Gasteiger partial charge on any atom is -0.463 e. The van der Waals surface area contributed by atoms with Crippen LogP contribution in [0.4, 0.5) is 10.1 Å². The number of halogens is 1. The summed E-state index contributed by atoms with van der Waals surface area (Å²) in [6.45, 7) is 0.344. The first-order valence-corrected chi connectivity index (χ1v) is 6.88. The summed E-state index contributed by atoms with van der Waals surface area (Å²) in [4.78, 5) is 13.3. The molecule has 0 bridgehead atoms. The van der Waals surface area contributed by atoms with Crippen LogP contribution in [-0.4, -0.2) is 28.2 Å². The standard InChI is InChI=1S/C12H10FNO2S2/c13-8-1-3-9(4-2-8)14-11(17)18-7-12(14)5-10(15)16-6-12/h1-4H,5-7H2/t12-/m0/s1. The Bertz CT molecular complexity index is 515. The smallest absolute Gasteiger partial charge is 0.308 e. The predicted octanol–water partition coefficient (Wildman–Crippen LogP) is 2.35. The van der Waals surface area contributed by atoms with E-state index in [-0.39, 0.29) is 11.8 Å². The van der Waals surface area contributed by atoms with E-state index in [0.29, 0.717) is 17.3 Å². The van der Waals surface area contributed by atoms with Crippen LogP contribution in [0.2, 0.25) is 0 Å². The zero-order valence-electron chi connectivity index (χ0n) is 9.39. The molecule has 6 heteroatoms. The maximum atomic E-state index is 13.0. The maximum Gasteiger partial charge on any atom is 0.308 e. The largest absolute Gasteiger partial charge is 0.463 e. The second-order valence-electron chi connectivity index (χ2n) is 4.43. The molecule has 94 valence electrons. The minimum absolute atomic E-state index is 0.201. The van der Waals surface area contributed by atoms with Crippen LogP contribution in [0.1, 0.15) is 6.42 Å². The molecule has 2 heterocycles. The van der Waals surface area contributed by atoms with Gasteiger partial charge in [0.1, 0.15) is 22.3 Å². The highest BCUT2D eigenvalue weighted by molar-refractivity contribution is 8.23. The lowest BCUT2D eigenvalue weighted by Gasteiger charge is -2.32. The lowest BCUT2D eigenvalue weighted by molar-refractivity contribution is -0.137. The van der Waals surface area contributed by atoms with Crippen LogP contribution in [0.15, 0.2) is 24.3 Å². The van der Waals surface area contributed by atoms with Crippen molar-refractivity contribution in [2.24, 2.45) is 0 Å². The molecule has 0 aliphatic carbocycles. The zero-order chi connectivity index (χ0) is 12.8. The molecule has 0 N–H and O–H groups in total. The first kappa shape index (κ1) is 11.9. The molecule has 18 heavy (non-hydrogen) atoms. The Kier molecular flexibility index (Phi) is 2.79.